The summed E-state index contributed by atoms with van der Waals surface area (Å²) in [4.78, 5) is 23.5. The van der Waals surface area contributed by atoms with E-state index in [-0.39, 0.29) is 5.41 Å². The molecule has 108 valence electrons. The van der Waals surface area contributed by atoms with Crippen LogP contribution in [0.1, 0.15) is 31.5 Å². The van der Waals surface area contributed by atoms with E-state index in [1.807, 2.05) is 0 Å². The Labute approximate surface area is 118 Å². The topological polar surface area (TPSA) is 69.6 Å². The van der Waals surface area contributed by atoms with E-state index in [4.69, 9.17) is 5.11 Å². The third-order valence-electron chi connectivity index (χ3n) is 4.42. The van der Waals surface area contributed by atoms with Gasteiger partial charge in [0.15, 0.2) is 0 Å². The molecule has 1 fully saturated rings. The zero-order valence-corrected chi connectivity index (χ0v) is 12.0. The Kier molecular flexibility index (Phi) is 3.03. The summed E-state index contributed by atoms with van der Waals surface area (Å²) in [6.45, 7) is 6.94. The quantitative estimate of drug-likeness (QED) is 0.841. The number of fused-ring (bicyclic) bond motifs is 1. The highest BCUT2D eigenvalue weighted by Crippen LogP contribution is 2.41. The number of nitrogens with zero attached hydrogens (tertiary/aromatic N) is 4. The van der Waals surface area contributed by atoms with Crippen molar-refractivity contribution in [1.82, 2.24) is 14.9 Å². The smallest absolute Gasteiger partial charge is 0.407 e. The first-order valence-electron chi connectivity index (χ1n) is 7.06. The van der Waals surface area contributed by atoms with Crippen molar-refractivity contribution in [3.63, 3.8) is 0 Å². The zero-order valence-electron chi connectivity index (χ0n) is 12.0. The fraction of sp³-hybridized carbons (Fsp3) is 0.643. The SMILES string of the molecule is CC1(C)CCc2ncnc(N3CCN(C(=O)O)CC3)c21. The van der Waals surface area contributed by atoms with Gasteiger partial charge in [-0.1, -0.05) is 13.8 Å². The molecule has 6 heteroatoms. The third kappa shape index (κ3) is 2.09. The zero-order chi connectivity index (χ0) is 14.3. The normalized spacial score (nSPS) is 20.9. The van der Waals surface area contributed by atoms with Crippen molar-refractivity contribution in [2.75, 3.05) is 31.1 Å². The van der Waals surface area contributed by atoms with Gasteiger partial charge >= 0.3 is 6.09 Å². The lowest BCUT2D eigenvalue weighted by Crippen LogP contribution is -2.49. The van der Waals surface area contributed by atoms with Crippen LogP contribution in [0.3, 0.4) is 0 Å². The molecule has 3 rings (SSSR count). The van der Waals surface area contributed by atoms with Gasteiger partial charge in [-0.05, 0) is 18.3 Å². The average molecular weight is 276 g/mol. The second-order valence-electron chi connectivity index (χ2n) is 6.16. The molecule has 1 aromatic heterocycles. The Hall–Kier alpha value is -1.85. The van der Waals surface area contributed by atoms with Gasteiger partial charge in [-0.15, -0.1) is 0 Å². The molecule has 0 bridgehead atoms. The van der Waals surface area contributed by atoms with E-state index >= 15 is 0 Å². The summed E-state index contributed by atoms with van der Waals surface area (Å²) in [5.74, 6) is 1.00. The van der Waals surface area contributed by atoms with Crippen LogP contribution >= 0.6 is 0 Å². The molecule has 0 spiro atoms. The molecule has 0 aromatic carbocycles. The summed E-state index contributed by atoms with van der Waals surface area (Å²) in [7, 11) is 0. The van der Waals surface area contributed by atoms with Crippen molar-refractivity contribution >= 4 is 11.9 Å². The van der Waals surface area contributed by atoms with Gasteiger partial charge in [-0.3, -0.25) is 0 Å². The largest absolute Gasteiger partial charge is 0.465 e. The van der Waals surface area contributed by atoms with Crippen molar-refractivity contribution < 1.29 is 9.90 Å². The fourth-order valence-corrected chi connectivity index (χ4v) is 3.20. The van der Waals surface area contributed by atoms with E-state index in [1.165, 1.54) is 10.5 Å². The molecule has 1 aliphatic heterocycles. The molecule has 0 saturated carbocycles. The fourth-order valence-electron chi connectivity index (χ4n) is 3.20. The summed E-state index contributed by atoms with van der Waals surface area (Å²) < 4.78 is 0. The molecule has 20 heavy (non-hydrogen) atoms. The Balaban J connectivity index is 1.86. The van der Waals surface area contributed by atoms with Crippen molar-refractivity contribution in [1.29, 1.82) is 0 Å². The maximum Gasteiger partial charge on any atom is 0.407 e. The minimum absolute atomic E-state index is 0.107. The summed E-state index contributed by atoms with van der Waals surface area (Å²) in [5, 5.41) is 9.01. The van der Waals surface area contributed by atoms with Crippen molar-refractivity contribution in [2.45, 2.75) is 32.1 Å². The van der Waals surface area contributed by atoms with Gasteiger partial charge in [0.2, 0.25) is 0 Å². The van der Waals surface area contributed by atoms with Crippen molar-refractivity contribution in [3.8, 4) is 0 Å². The molecule has 1 saturated heterocycles. The van der Waals surface area contributed by atoms with Crippen LogP contribution in [0.15, 0.2) is 6.33 Å². The molecule has 1 aromatic rings. The van der Waals surface area contributed by atoms with Gasteiger partial charge in [0.05, 0.1) is 0 Å². The third-order valence-corrected chi connectivity index (χ3v) is 4.42. The monoisotopic (exact) mass is 276 g/mol. The van der Waals surface area contributed by atoms with Crippen molar-refractivity contribution in [3.05, 3.63) is 17.6 Å². The Morgan fingerprint density at radius 3 is 2.60 bits per heavy atom. The second kappa shape index (κ2) is 4.61. The van der Waals surface area contributed by atoms with Gasteiger partial charge in [0, 0.05) is 37.4 Å². The summed E-state index contributed by atoms with van der Waals surface area (Å²) >= 11 is 0. The Bertz CT molecular complexity index is 536. The van der Waals surface area contributed by atoms with E-state index in [9.17, 15) is 4.79 Å². The molecule has 6 nitrogen and oxygen atoms in total. The highest BCUT2D eigenvalue weighted by atomic mass is 16.4. The molecule has 0 unspecified atom stereocenters. The molecular weight excluding hydrogens is 256 g/mol. The molecule has 1 amide bonds. The molecular formula is C14H20N4O2. The predicted molar refractivity (Wildman–Crippen MR) is 75.2 cm³/mol. The van der Waals surface area contributed by atoms with Crippen LogP contribution in [0, 0.1) is 0 Å². The molecule has 1 aliphatic carbocycles. The lowest BCUT2D eigenvalue weighted by Gasteiger charge is -2.36. The summed E-state index contributed by atoms with van der Waals surface area (Å²) in [6, 6.07) is 0. The predicted octanol–water partition coefficient (Wildman–Crippen LogP) is 1.50. The number of anilines is 1. The molecule has 2 aliphatic rings. The van der Waals surface area contributed by atoms with Gasteiger partial charge in [0.25, 0.3) is 0 Å². The van der Waals surface area contributed by atoms with E-state index in [1.54, 1.807) is 6.33 Å². The van der Waals surface area contributed by atoms with E-state index in [2.05, 4.69) is 28.7 Å². The number of hydrogen-bond acceptors (Lipinski definition) is 4. The number of carboxylic acid groups (broad SMARTS) is 1. The van der Waals surface area contributed by atoms with E-state index < -0.39 is 6.09 Å². The van der Waals surface area contributed by atoms with Crippen LogP contribution in [-0.2, 0) is 11.8 Å². The first-order chi connectivity index (χ1) is 9.49. The van der Waals surface area contributed by atoms with Gasteiger partial charge < -0.3 is 14.9 Å². The minimum Gasteiger partial charge on any atom is -0.465 e. The number of rotatable bonds is 1. The maximum atomic E-state index is 11.0. The number of hydrogen-bond donors (Lipinski definition) is 1. The number of aromatic nitrogens is 2. The highest BCUT2D eigenvalue weighted by Gasteiger charge is 2.36. The molecule has 2 heterocycles. The van der Waals surface area contributed by atoms with Gasteiger partial charge in [-0.25, -0.2) is 14.8 Å². The average Bonchev–Trinajstić information content (AvgIpc) is 2.75. The number of piperazine rings is 1. The van der Waals surface area contributed by atoms with Crippen LogP contribution in [0.4, 0.5) is 10.6 Å². The standard InChI is InChI=1S/C14H20N4O2/c1-14(2)4-3-10-11(14)12(16-9-15-10)17-5-7-18(8-6-17)13(19)20/h9H,3-8H2,1-2H3,(H,19,20). The molecule has 0 radical (unpaired) electrons. The first kappa shape index (κ1) is 13.1. The molecule has 0 atom stereocenters. The van der Waals surface area contributed by atoms with Crippen LogP contribution in [0.25, 0.3) is 0 Å². The van der Waals surface area contributed by atoms with E-state index in [0.29, 0.717) is 26.2 Å². The van der Waals surface area contributed by atoms with E-state index in [0.717, 1.165) is 24.4 Å². The summed E-state index contributed by atoms with van der Waals surface area (Å²) in [6.07, 6.45) is 2.91. The molecule has 1 N–H and O–H groups in total. The Morgan fingerprint density at radius 1 is 1.25 bits per heavy atom. The highest BCUT2D eigenvalue weighted by molar-refractivity contribution is 5.65. The van der Waals surface area contributed by atoms with Crippen LogP contribution in [-0.4, -0.2) is 52.2 Å². The van der Waals surface area contributed by atoms with Crippen molar-refractivity contribution in [2.24, 2.45) is 0 Å². The van der Waals surface area contributed by atoms with Crippen LogP contribution < -0.4 is 4.90 Å². The lowest BCUT2D eigenvalue weighted by molar-refractivity contribution is 0.142. The first-order valence-corrected chi connectivity index (χ1v) is 7.06. The maximum absolute atomic E-state index is 11.0. The number of carbonyl (C=O) groups is 1. The van der Waals surface area contributed by atoms with Gasteiger partial charge in [-0.2, -0.15) is 0 Å². The summed E-state index contributed by atoms with van der Waals surface area (Å²) in [5.41, 5.74) is 2.51. The number of amides is 1. The Morgan fingerprint density at radius 2 is 1.95 bits per heavy atom. The van der Waals surface area contributed by atoms with Crippen LogP contribution in [0.2, 0.25) is 0 Å². The second-order valence-corrected chi connectivity index (χ2v) is 6.16. The van der Waals surface area contributed by atoms with Gasteiger partial charge in [0.1, 0.15) is 12.1 Å². The number of aryl methyl sites for hydroxylation is 1. The lowest BCUT2D eigenvalue weighted by atomic mass is 9.87. The van der Waals surface area contributed by atoms with Crippen LogP contribution in [0.5, 0.6) is 0 Å². The minimum atomic E-state index is -0.835.